The maximum atomic E-state index is 11.7. The highest BCUT2D eigenvalue weighted by molar-refractivity contribution is 5.81. The van der Waals surface area contributed by atoms with Gasteiger partial charge in [-0.1, -0.05) is 19.8 Å². The molecule has 0 heterocycles. The first-order valence-corrected chi connectivity index (χ1v) is 5.77. The summed E-state index contributed by atoms with van der Waals surface area (Å²) in [5, 5.41) is 2.48. The number of esters is 1. The Morgan fingerprint density at radius 1 is 1.33 bits per heavy atom. The minimum Gasteiger partial charge on any atom is -0.451 e. The highest BCUT2D eigenvalue weighted by Gasteiger charge is 2.27. The second-order valence-corrected chi connectivity index (χ2v) is 5.18. The van der Waals surface area contributed by atoms with Crippen molar-refractivity contribution in [1.82, 2.24) is 5.32 Å². The smallest absolute Gasteiger partial charge is 0.408 e. The van der Waals surface area contributed by atoms with Crippen LogP contribution in [0.5, 0.6) is 0 Å². The first-order chi connectivity index (χ1) is 8.17. The van der Waals surface area contributed by atoms with Gasteiger partial charge >= 0.3 is 12.1 Å². The maximum Gasteiger partial charge on any atom is 0.408 e. The van der Waals surface area contributed by atoms with Gasteiger partial charge < -0.3 is 14.8 Å². The molecule has 1 N–H and O–H groups in total. The summed E-state index contributed by atoms with van der Waals surface area (Å²) >= 11 is 0. The Kier molecular flexibility index (Phi) is 6.24. The molecule has 1 unspecified atom stereocenters. The molecule has 5 nitrogen and oxygen atoms in total. The van der Waals surface area contributed by atoms with Crippen LogP contribution in [0.1, 0.15) is 34.6 Å². The molecule has 0 saturated carbocycles. The summed E-state index contributed by atoms with van der Waals surface area (Å²) in [6.45, 7) is 8.70. The molecule has 1 atom stereocenters. The molecule has 0 fully saturated rings. The van der Waals surface area contributed by atoms with E-state index in [0.29, 0.717) is 0 Å². The third-order valence-electron chi connectivity index (χ3n) is 1.89. The lowest BCUT2D eigenvalue weighted by molar-refractivity contribution is -0.145. The standard InChI is InChI=1S/C13H21NO4/c1-7-8-17-11(15)10(9(2)3)14-12(16)18-13(4,5)6/h1,9-10H,8H2,2-6H3,(H,14,16). The van der Waals surface area contributed by atoms with Gasteiger partial charge in [-0.25, -0.2) is 9.59 Å². The molecule has 102 valence electrons. The Morgan fingerprint density at radius 3 is 2.28 bits per heavy atom. The van der Waals surface area contributed by atoms with E-state index < -0.39 is 23.7 Å². The van der Waals surface area contributed by atoms with Crippen molar-refractivity contribution in [2.75, 3.05) is 6.61 Å². The molecule has 0 aromatic heterocycles. The van der Waals surface area contributed by atoms with Gasteiger partial charge in [-0.15, -0.1) is 6.42 Å². The van der Waals surface area contributed by atoms with Gasteiger partial charge in [0, 0.05) is 0 Å². The molecule has 18 heavy (non-hydrogen) atoms. The SMILES string of the molecule is C#CCOC(=O)C(NC(=O)OC(C)(C)C)C(C)C. The molecule has 0 spiro atoms. The van der Waals surface area contributed by atoms with Crippen LogP contribution in [0.2, 0.25) is 0 Å². The largest absolute Gasteiger partial charge is 0.451 e. The van der Waals surface area contributed by atoms with E-state index in [0.717, 1.165) is 0 Å². The quantitative estimate of drug-likeness (QED) is 0.613. The lowest BCUT2D eigenvalue weighted by atomic mass is 10.1. The number of alkyl carbamates (subject to hydrolysis) is 1. The number of nitrogens with one attached hydrogen (secondary N) is 1. The normalized spacial score (nSPS) is 12.5. The van der Waals surface area contributed by atoms with Crippen molar-refractivity contribution >= 4 is 12.1 Å². The number of carbonyl (C=O) groups excluding carboxylic acids is 2. The fraction of sp³-hybridized carbons (Fsp3) is 0.692. The van der Waals surface area contributed by atoms with Gasteiger partial charge in [0.15, 0.2) is 6.61 Å². The Morgan fingerprint density at radius 2 is 1.89 bits per heavy atom. The van der Waals surface area contributed by atoms with Gasteiger partial charge in [0.25, 0.3) is 0 Å². The number of carbonyl (C=O) groups is 2. The molecule has 0 aromatic rings. The van der Waals surface area contributed by atoms with Crippen LogP contribution in [0, 0.1) is 18.3 Å². The molecule has 0 aliphatic heterocycles. The number of hydrogen-bond donors (Lipinski definition) is 1. The zero-order chi connectivity index (χ0) is 14.3. The van der Waals surface area contributed by atoms with E-state index in [1.807, 2.05) is 0 Å². The first-order valence-electron chi connectivity index (χ1n) is 5.77. The van der Waals surface area contributed by atoms with Gasteiger partial charge in [-0.2, -0.15) is 0 Å². The highest BCUT2D eigenvalue weighted by Crippen LogP contribution is 2.09. The fourth-order valence-corrected chi connectivity index (χ4v) is 1.13. The van der Waals surface area contributed by atoms with Crippen LogP contribution in [-0.4, -0.2) is 30.3 Å². The highest BCUT2D eigenvalue weighted by atomic mass is 16.6. The third-order valence-corrected chi connectivity index (χ3v) is 1.89. The molecule has 0 radical (unpaired) electrons. The van der Waals surface area contributed by atoms with Crippen LogP contribution in [0.4, 0.5) is 4.79 Å². The monoisotopic (exact) mass is 255 g/mol. The Labute approximate surface area is 108 Å². The van der Waals surface area contributed by atoms with Gasteiger partial charge in [0.05, 0.1) is 0 Å². The van der Waals surface area contributed by atoms with Crippen molar-refractivity contribution in [1.29, 1.82) is 0 Å². The summed E-state index contributed by atoms with van der Waals surface area (Å²) in [5.41, 5.74) is -0.617. The summed E-state index contributed by atoms with van der Waals surface area (Å²) in [6.07, 6.45) is 4.34. The van der Waals surface area contributed by atoms with Gasteiger partial charge in [-0.3, -0.25) is 0 Å². The number of rotatable bonds is 4. The van der Waals surface area contributed by atoms with E-state index in [9.17, 15) is 9.59 Å². The zero-order valence-electron chi connectivity index (χ0n) is 11.6. The van der Waals surface area contributed by atoms with E-state index in [-0.39, 0.29) is 12.5 Å². The zero-order valence-corrected chi connectivity index (χ0v) is 11.6. The van der Waals surface area contributed by atoms with Crippen molar-refractivity contribution in [3.8, 4) is 12.3 Å². The molecule has 0 aliphatic rings. The Balaban J connectivity index is 4.50. The van der Waals surface area contributed by atoms with Gasteiger partial charge in [0.2, 0.25) is 0 Å². The van der Waals surface area contributed by atoms with Crippen LogP contribution in [-0.2, 0) is 14.3 Å². The number of hydrogen-bond acceptors (Lipinski definition) is 4. The van der Waals surface area contributed by atoms with E-state index in [2.05, 4.69) is 11.2 Å². The molecular weight excluding hydrogens is 234 g/mol. The van der Waals surface area contributed by atoms with Crippen molar-refractivity contribution in [2.45, 2.75) is 46.3 Å². The Hall–Kier alpha value is -1.70. The van der Waals surface area contributed by atoms with E-state index >= 15 is 0 Å². The summed E-state index contributed by atoms with van der Waals surface area (Å²) in [7, 11) is 0. The molecule has 0 rings (SSSR count). The fourth-order valence-electron chi connectivity index (χ4n) is 1.13. The summed E-state index contributed by atoms with van der Waals surface area (Å²) in [4.78, 5) is 23.2. The van der Waals surface area contributed by atoms with Crippen LogP contribution in [0.3, 0.4) is 0 Å². The first kappa shape index (κ1) is 16.3. The minimum atomic E-state index is -0.770. The second-order valence-electron chi connectivity index (χ2n) is 5.18. The number of amides is 1. The second kappa shape index (κ2) is 6.90. The lowest BCUT2D eigenvalue weighted by Gasteiger charge is -2.24. The van der Waals surface area contributed by atoms with Crippen LogP contribution in [0.15, 0.2) is 0 Å². The molecule has 0 aliphatic carbocycles. The van der Waals surface area contributed by atoms with E-state index in [1.165, 1.54) is 0 Å². The molecule has 0 bridgehead atoms. The van der Waals surface area contributed by atoms with Crippen molar-refractivity contribution in [2.24, 2.45) is 5.92 Å². The van der Waals surface area contributed by atoms with Crippen molar-refractivity contribution < 1.29 is 19.1 Å². The summed E-state index contributed by atoms with van der Waals surface area (Å²) < 4.78 is 9.88. The molecular formula is C13H21NO4. The molecule has 0 saturated heterocycles. The number of terminal acetylenes is 1. The van der Waals surface area contributed by atoms with Crippen LogP contribution >= 0.6 is 0 Å². The van der Waals surface area contributed by atoms with E-state index in [4.69, 9.17) is 15.9 Å². The van der Waals surface area contributed by atoms with Crippen LogP contribution < -0.4 is 5.32 Å². The number of ether oxygens (including phenoxy) is 2. The van der Waals surface area contributed by atoms with Crippen molar-refractivity contribution in [3.05, 3.63) is 0 Å². The Bertz CT molecular complexity index is 336. The summed E-state index contributed by atoms with van der Waals surface area (Å²) in [5.74, 6) is 1.51. The van der Waals surface area contributed by atoms with Gasteiger partial charge in [-0.05, 0) is 26.7 Å². The molecule has 0 aromatic carbocycles. The minimum absolute atomic E-state index is 0.113. The topological polar surface area (TPSA) is 64.6 Å². The van der Waals surface area contributed by atoms with Gasteiger partial charge in [0.1, 0.15) is 11.6 Å². The maximum absolute atomic E-state index is 11.7. The predicted molar refractivity (Wildman–Crippen MR) is 67.8 cm³/mol. The average molecular weight is 255 g/mol. The third kappa shape index (κ3) is 6.79. The average Bonchev–Trinajstić information content (AvgIpc) is 2.19. The predicted octanol–water partition coefficient (Wildman–Crippen LogP) is 1.71. The summed E-state index contributed by atoms with van der Waals surface area (Å²) in [6, 6.07) is -0.770. The molecule has 1 amide bonds. The lowest BCUT2D eigenvalue weighted by Crippen LogP contribution is -2.47. The molecule has 5 heteroatoms. The van der Waals surface area contributed by atoms with E-state index in [1.54, 1.807) is 34.6 Å². The van der Waals surface area contributed by atoms with Crippen molar-refractivity contribution in [3.63, 3.8) is 0 Å². The van der Waals surface area contributed by atoms with Crippen LogP contribution in [0.25, 0.3) is 0 Å².